The van der Waals surface area contributed by atoms with Crippen LogP contribution in [0.4, 0.5) is 32.0 Å². The van der Waals surface area contributed by atoms with Crippen LogP contribution in [-0.4, -0.2) is 52.8 Å². The summed E-state index contributed by atoms with van der Waals surface area (Å²) in [5.41, 5.74) is -6.48. The molecular formula is C21H19F6N3O2. The molecule has 0 saturated carbocycles. The van der Waals surface area contributed by atoms with E-state index in [1.807, 2.05) is 0 Å². The van der Waals surface area contributed by atoms with E-state index >= 15 is 0 Å². The monoisotopic (exact) mass is 459 g/mol. The maximum atomic E-state index is 14.3. The molecule has 2 aromatic rings. The van der Waals surface area contributed by atoms with E-state index < -0.39 is 40.4 Å². The summed E-state index contributed by atoms with van der Waals surface area (Å²) < 4.78 is 82.6. The van der Waals surface area contributed by atoms with E-state index in [0.717, 1.165) is 25.5 Å². The number of likely N-dealkylation sites (tertiary alicyclic amines) is 1. The molecule has 0 bridgehead atoms. The summed E-state index contributed by atoms with van der Waals surface area (Å²) in [5.74, 6) is -2.31. The summed E-state index contributed by atoms with van der Waals surface area (Å²) in [6.45, 7) is 0.843. The van der Waals surface area contributed by atoms with Crippen molar-refractivity contribution in [3.05, 3.63) is 47.3 Å². The van der Waals surface area contributed by atoms with Crippen LogP contribution < -0.4 is 5.32 Å². The number of halogens is 6. The van der Waals surface area contributed by atoms with Gasteiger partial charge in [0.2, 0.25) is 5.60 Å². The summed E-state index contributed by atoms with van der Waals surface area (Å²) in [4.78, 5) is 17.7. The lowest BCUT2D eigenvalue weighted by Gasteiger charge is -2.40. The molecular weight excluding hydrogens is 440 g/mol. The second kappa shape index (κ2) is 7.73. The van der Waals surface area contributed by atoms with Gasteiger partial charge in [0.05, 0.1) is 11.2 Å². The normalized spacial score (nSPS) is 22.3. The number of fused-ring (bicyclic) bond motifs is 3. The number of carbonyl (C=O) groups excluding carboxylic acids is 1. The molecule has 1 aromatic heterocycles. The van der Waals surface area contributed by atoms with E-state index in [9.17, 15) is 36.2 Å². The van der Waals surface area contributed by atoms with Gasteiger partial charge in [-0.1, -0.05) is 12.5 Å². The van der Waals surface area contributed by atoms with Gasteiger partial charge in [-0.2, -0.15) is 26.3 Å². The van der Waals surface area contributed by atoms with Crippen LogP contribution in [0, 0.1) is 0 Å². The molecule has 1 saturated heterocycles. The Morgan fingerprint density at radius 3 is 2.47 bits per heavy atom. The second-order valence-electron chi connectivity index (χ2n) is 7.93. The molecule has 1 atom stereocenters. The van der Waals surface area contributed by atoms with Gasteiger partial charge in [-0.25, -0.2) is 0 Å². The van der Waals surface area contributed by atoms with Crippen LogP contribution in [-0.2, 0) is 5.60 Å². The maximum Gasteiger partial charge on any atom is 0.454 e. The number of aliphatic hydroxyl groups is 1. The van der Waals surface area contributed by atoms with Crippen molar-refractivity contribution in [1.29, 1.82) is 0 Å². The van der Waals surface area contributed by atoms with Crippen LogP contribution in [0.15, 0.2) is 36.2 Å². The van der Waals surface area contributed by atoms with E-state index in [-0.39, 0.29) is 23.1 Å². The molecule has 3 heterocycles. The van der Waals surface area contributed by atoms with Gasteiger partial charge < -0.3 is 10.4 Å². The molecule has 0 radical (unpaired) electrons. The first-order valence-corrected chi connectivity index (χ1v) is 9.96. The molecule has 1 fully saturated rings. The van der Waals surface area contributed by atoms with Crippen LogP contribution in [0.5, 0.6) is 0 Å². The summed E-state index contributed by atoms with van der Waals surface area (Å²) in [7, 11) is 0. The van der Waals surface area contributed by atoms with Gasteiger partial charge in [0.25, 0.3) is 5.78 Å². The topological polar surface area (TPSA) is 65.5 Å². The van der Waals surface area contributed by atoms with Crippen molar-refractivity contribution in [2.45, 2.75) is 37.2 Å². The third kappa shape index (κ3) is 3.62. The first-order valence-electron chi connectivity index (χ1n) is 9.96. The van der Waals surface area contributed by atoms with Crippen molar-refractivity contribution in [2.24, 2.45) is 0 Å². The number of pyridine rings is 1. The Hall–Kier alpha value is -2.66. The predicted octanol–water partition coefficient (Wildman–Crippen LogP) is 4.53. The number of aromatic nitrogens is 1. The van der Waals surface area contributed by atoms with E-state index in [1.54, 1.807) is 4.90 Å². The summed E-state index contributed by atoms with van der Waals surface area (Å²) in [6, 6.07) is 2.93. The highest BCUT2D eigenvalue weighted by Gasteiger charge is 2.60. The molecule has 0 aliphatic carbocycles. The van der Waals surface area contributed by atoms with Crippen molar-refractivity contribution in [1.82, 2.24) is 9.88 Å². The SMILES string of the molecule is O=C(c1cc2c(c3ncccc13)NC=C(CN1CCCCC1)C2(O)C(F)(F)F)C(F)(F)F. The van der Waals surface area contributed by atoms with Crippen LogP contribution >= 0.6 is 0 Å². The zero-order valence-corrected chi connectivity index (χ0v) is 16.6. The lowest BCUT2D eigenvalue weighted by molar-refractivity contribution is -0.251. The van der Waals surface area contributed by atoms with E-state index in [4.69, 9.17) is 0 Å². The number of ketones is 1. The number of nitrogens with zero attached hydrogens (tertiary/aromatic N) is 2. The van der Waals surface area contributed by atoms with Crippen LogP contribution in [0.2, 0.25) is 0 Å². The zero-order valence-electron chi connectivity index (χ0n) is 16.6. The quantitative estimate of drug-likeness (QED) is 0.522. The number of hydrogen-bond acceptors (Lipinski definition) is 5. The van der Waals surface area contributed by atoms with Gasteiger partial charge in [0.15, 0.2) is 0 Å². The highest BCUT2D eigenvalue weighted by atomic mass is 19.4. The molecule has 0 amide bonds. The fourth-order valence-corrected chi connectivity index (χ4v) is 4.31. The van der Waals surface area contributed by atoms with Crippen molar-refractivity contribution in [3.63, 3.8) is 0 Å². The van der Waals surface area contributed by atoms with Gasteiger partial charge >= 0.3 is 12.4 Å². The highest BCUT2D eigenvalue weighted by molar-refractivity contribution is 6.13. The van der Waals surface area contributed by atoms with Crippen molar-refractivity contribution < 1.29 is 36.2 Å². The lowest BCUT2D eigenvalue weighted by Crippen LogP contribution is -2.49. The molecule has 5 nitrogen and oxygen atoms in total. The van der Waals surface area contributed by atoms with Crippen LogP contribution in [0.3, 0.4) is 0 Å². The summed E-state index contributed by atoms with van der Waals surface area (Å²) in [5, 5.41) is 13.4. The molecule has 1 unspecified atom stereocenters. The Balaban J connectivity index is 1.93. The average molecular weight is 459 g/mol. The zero-order chi connectivity index (χ0) is 23.3. The molecule has 2 N–H and O–H groups in total. The van der Waals surface area contributed by atoms with Gasteiger partial charge in [-0.15, -0.1) is 0 Å². The molecule has 2 aliphatic rings. The van der Waals surface area contributed by atoms with E-state index in [1.165, 1.54) is 18.3 Å². The molecule has 1 aromatic carbocycles. The first kappa shape index (κ1) is 22.5. The van der Waals surface area contributed by atoms with E-state index in [2.05, 4.69) is 10.3 Å². The average Bonchev–Trinajstić information content (AvgIpc) is 2.74. The van der Waals surface area contributed by atoms with Gasteiger partial charge in [0.1, 0.15) is 0 Å². The fraction of sp³-hybridized carbons (Fsp3) is 0.429. The van der Waals surface area contributed by atoms with Gasteiger partial charge in [-0.05, 0) is 38.1 Å². The fourth-order valence-electron chi connectivity index (χ4n) is 4.31. The number of hydrogen-bond donors (Lipinski definition) is 2. The molecule has 2 aliphatic heterocycles. The molecule has 11 heteroatoms. The Labute approximate surface area is 178 Å². The van der Waals surface area contributed by atoms with E-state index in [0.29, 0.717) is 19.2 Å². The smallest absolute Gasteiger partial charge is 0.372 e. The summed E-state index contributed by atoms with van der Waals surface area (Å²) in [6.07, 6.45) is -5.83. The van der Waals surface area contributed by atoms with Crippen molar-refractivity contribution >= 4 is 22.4 Å². The number of alkyl halides is 6. The number of nitrogens with one attached hydrogen (secondary N) is 1. The number of benzene rings is 1. The number of carbonyl (C=O) groups is 1. The standard InChI is InChI=1S/C21H19F6N3O2/c22-20(23,24)18(31)14-9-15-17(16-13(14)5-4-6-28-16)29-10-12(19(15,32)21(25,26)27)11-30-7-2-1-3-8-30/h4-6,9-10,29,32H,1-3,7-8,11H2. The molecule has 0 spiro atoms. The second-order valence-corrected chi connectivity index (χ2v) is 7.93. The Bertz CT molecular complexity index is 1090. The Kier molecular flexibility index (Phi) is 5.44. The Morgan fingerprint density at radius 2 is 1.84 bits per heavy atom. The van der Waals surface area contributed by atoms with Crippen molar-refractivity contribution in [2.75, 3.05) is 25.0 Å². The lowest BCUT2D eigenvalue weighted by atomic mass is 9.80. The third-order valence-electron chi connectivity index (χ3n) is 5.89. The first-order chi connectivity index (χ1) is 14.9. The summed E-state index contributed by atoms with van der Waals surface area (Å²) >= 11 is 0. The molecule has 32 heavy (non-hydrogen) atoms. The predicted molar refractivity (Wildman–Crippen MR) is 104 cm³/mol. The molecule has 4 rings (SSSR count). The number of Topliss-reactive ketones (excluding diaryl/α,β-unsaturated/α-hetero) is 1. The third-order valence-corrected chi connectivity index (χ3v) is 5.89. The number of anilines is 1. The minimum Gasteiger partial charge on any atom is -0.372 e. The Morgan fingerprint density at radius 1 is 1.16 bits per heavy atom. The minimum atomic E-state index is -5.32. The highest BCUT2D eigenvalue weighted by Crippen LogP contribution is 2.51. The van der Waals surface area contributed by atoms with Crippen LogP contribution in [0.1, 0.15) is 35.2 Å². The maximum absolute atomic E-state index is 14.3. The van der Waals surface area contributed by atoms with Crippen molar-refractivity contribution in [3.8, 4) is 0 Å². The van der Waals surface area contributed by atoms with Gasteiger partial charge in [-0.3, -0.25) is 14.7 Å². The number of rotatable bonds is 3. The largest absolute Gasteiger partial charge is 0.454 e. The molecule has 172 valence electrons. The minimum absolute atomic E-state index is 0.231. The van der Waals surface area contributed by atoms with Gasteiger partial charge in [0, 0.05) is 41.0 Å². The number of piperidine rings is 1. The van der Waals surface area contributed by atoms with Crippen LogP contribution in [0.25, 0.3) is 10.9 Å².